The number of hydrogen-bond donors (Lipinski definition) is 1. The fraction of sp³-hybridized carbons (Fsp3) is 0.0714. The van der Waals surface area contributed by atoms with Gasteiger partial charge in [-0.05, 0) is 28.1 Å². The van der Waals surface area contributed by atoms with Gasteiger partial charge in [-0.2, -0.15) is 0 Å². The van der Waals surface area contributed by atoms with Crippen LogP contribution in [0.15, 0.2) is 34.8 Å². The molecule has 0 aliphatic carbocycles. The topological polar surface area (TPSA) is 52.3 Å². The van der Waals surface area contributed by atoms with E-state index in [1.807, 2.05) is 0 Å². The molecule has 0 unspecified atom stereocenters. The lowest BCUT2D eigenvalue weighted by molar-refractivity contribution is 0.0465. The molecule has 0 aliphatic heterocycles. The maximum atomic E-state index is 13.5. The first-order chi connectivity index (χ1) is 9.90. The van der Waals surface area contributed by atoms with Crippen LogP contribution in [0.25, 0.3) is 0 Å². The summed E-state index contributed by atoms with van der Waals surface area (Å²) in [6.45, 7) is -0.289. The van der Waals surface area contributed by atoms with Crippen molar-refractivity contribution in [2.75, 3.05) is 5.73 Å². The van der Waals surface area contributed by atoms with Gasteiger partial charge in [0.05, 0.1) is 15.7 Å². The minimum atomic E-state index is -1.07. The molecular weight excluding hydrogens is 351 g/mol. The molecule has 0 radical (unpaired) electrons. The minimum absolute atomic E-state index is 0.141. The number of carbonyl (C=O) groups is 1. The van der Waals surface area contributed by atoms with Crippen LogP contribution in [0.3, 0.4) is 0 Å². The number of hydrogen-bond acceptors (Lipinski definition) is 3. The van der Waals surface area contributed by atoms with E-state index in [-0.39, 0.29) is 11.1 Å². The molecule has 0 aliphatic rings. The summed E-state index contributed by atoms with van der Waals surface area (Å²) in [5.74, 6) is -3.50. The predicted molar refractivity (Wildman–Crippen MR) is 74.0 cm³/mol. The number of ether oxygens (including phenoxy) is 1. The molecule has 3 nitrogen and oxygen atoms in total. The summed E-state index contributed by atoms with van der Waals surface area (Å²) in [5.41, 5.74) is 4.56. The van der Waals surface area contributed by atoms with Crippen LogP contribution in [0.1, 0.15) is 15.9 Å². The van der Waals surface area contributed by atoms with Gasteiger partial charge in [0.25, 0.3) is 0 Å². The van der Waals surface area contributed by atoms with Crippen molar-refractivity contribution < 1.29 is 22.7 Å². The summed E-state index contributed by atoms with van der Waals surface area (Å²) in [5, 5.41) is 0. The lowest BCUT2D eigenvalue weighted by Crippen LogP contribution is -2.09. The van der Waals surface area contributed by atoms with E-state index in [9.17, 15) is 18.0 Å². The van der Waals surface area contributed by atoms with E-state index in [4.69, 9.17) is 10.5 Å². The SMILES string of the molecule is Nc1cc(F)c(C(=O)OCc2cccc(F)c2Br)cc1F. The summed E-state index contributed by atoms with van der Waals surface area (Å²) >= 11 is 3.01. The molecule has 110 valence electrons. The molecule has 7 heteroatoms. The summed E-state index contributed by atoms with van der Waals surface area (Å²) in [6, 6.07) is 5.55. The molecule has 21 heavy (non-hydrogen) atoms. The van der Waals surface area contributed by atoms with Crippen molar-refractivity contribution in [3.8, 4) is 0 Å². The van der Waals surface area contributed by atoms with Crippen LogP contribution < -0.4 is 5.73 Å². The number of rotatable bonds is 3. The summed E-state index contributed by atoms with van der Waals surface area (Å²) < 4.78 is 45.0. The highest BCUT2D eigenvalue weighted by atomic mass is 79.9. The Kier molecular flexibility index (Phi) is 4.52. The van der Waals surface area contributed by atoms with E-state index in [2.05, 4.69) is 15.9 Å². The number of esters is 1. The van der Waals surface area contributed by atoms with Gasteiger partial charge in [0.15, 0.2) is 0 Å². The van der Waals surface area contributed by atoms with Gasteiger partial charge >= 0.3 is 5.97 Å². The molecule has 2 aromatic carbocycles. The van der Waals surface area contributed by atoms with E-state index in [0.717, 1.165) is 0 Å². The third-order valence-corrected chi connectivity index (χ3v) is 3.58. The first-order valence-electron chi connectivity index (χ1n) is 5.74. The quantitative estimate of drug-likeness (QED) is 0.669. The number of anilines is 1. The average molecular weight is 360 g/mol. The van der Waals surface area contributed by atoms with Crippen molar-refractivity contribution in [2.24, 2.45) is 0 Å². The maximum Gasteiger partial charge on any atom is 0.341 e. The van der Waals surface area contributed by atoms with Crippen LogP contribution in [0.4, 0.5) is 18.9 Å². The molecule has 0 saturated carbocycles. The maximum absolute atomic E-state index is 13.5. The Morgan fingerprint density at radius 3 is 2.57 bits per heavy atom. The molecule has 0 fully saturated rings. The molecule has 2 aromatic rings. The van der Waals surface area contributed by atoms with Crippen molar-refractivity contribution in [1.82, 2.24) is 0 Å². The van der Waals surface area contributed by atoms with Crippen molar-refractivity contribution in [2.45, 2.75) is 6.61 Å². The molecule has 0 saturated heterocycles. The Balaban J connectivity index is 2.16. The molecule has 0 atom stereocenters. The van der Waals surface area contributed by atoms with Gasteiger partial charge < -0.3 is 10.5 Å². The highest BCUT2D eigenvalue weighted by molar-refractivity contribution is 9.10. The van der Waals surface area contributed by atoms with Crippen LogP contribution in [-0.4, -0.2) is 5.97 Å². The first-order valence-corrected chi connectivity index (χ1v) is 6.54. The molecular formula is C14H9BrF3NO2. The second-order valence-electron chi connectivity index (χ2n) is 4.14. The largest absolute Gasteiger partial charge is 0.457 e. The Morgan fingerprint density at radius 1 is 1.14 bits per heavy atom. The lowest BCUT2D eigenvalue weighted by atomic mass is 10.2. The van der Waals surface area contributed by atoms with Gasteiger partial charge in [0.1, 0.15) is 24.1 Å². The van der Waals surface area contributed by atoms with Crippen LogP contribution >= 0.6 is 15.9 Å². The average Bonchev–Trinajstić information content (AvgIpc) is 2.44. The van der Waals surface area contributed by atoms with Crippen LogP contribution in [-0.2, 0) is 11.3 Å². The van der Waals surface area contributed by atoms with Crippen molar-refractivity contribution >= 4 is 27.6 Å². The molecule has 0 spiro atoms. The van der Waals surface area contributed by atoms with Crippen LogP contribution in [0.2, 0.25) is 0 Å². The van der Waals surface area contributed by atoms with Gasteiger partial charge in [-0.15, -0.1) is 0 Å². The zero-order valence-corrected chi connectivity index (χ0v) is 12.1. The second kappa shape index (κ2) is 6.17. The number of nitrogen functional groups attached to an aromatic ring is 1. The Bertz CT molecular complexity index is 707. The fourth-order valence-corrected chi connectivity index (χ4v) is 1.98. The van der Waals surface area contributed by atoms with Gasteiger partial charge in [-0.3, -0.25) is 0 Å². The van der Waals surface area contributed by atoms with Gasteiger partial charge in [0, 0.05) is 11.6 Å². The standard InChI is InChI=1S/C14H9BrF3NO2/c15-13-7(2-1-3-9(13)16)6-21-14(20)8-4-11(18)12(19)5-10(8)17/h1-5H,6,19H2. The van der Waals surface area contributed by atoms with Crippen molar-refractivity contribution in [1.29, 1.82) is 0 Å². The number of halogens is 4. The second-order valence-corrected chi connectivity index (χ2v) is 4.94. The highest BCUT2D eigenvalue weighted by Gasteiger charge is 2.17. The first kappa shape index (κ1) is 15.4. The molecule has 2 rings (SSSR count). The smallest absolute Gasteiger partial charge is 0.341 e. The van der Waals surface area contributed by atoms with Crippen LogP contribution in [0.5, 0.6) is 0 Å². The third-order valence-electron chi connectivity index (χ3n) is 2.70. The normalized spacial score (nSPS) is 10.5. The molecule has 0 heterocycles. The summed E-state index contributed by atoms with van der Waals surface area (Å²) in [7, 11) is 0. The van der Waals surface area contributed by atoms with Crippen molar-refractivity contribution in [3.63, 3.8) is 0 Å². The van der Waals surface area contributed by atoms with E-state index in [1.54, 1.807) is 0 Å². The van der Waals surface area contributed by atoms with E-state index >= 15 is 0 Å². The Hall–Kier alpha value is -2.02. The van der Waals surface area contributed by atoms with E-state index < -0.39 is 34.7 Å². The van der Waals surface area contributed by atoms with Gasteiger partial charge in [-0.25, -0.2) is 18.0 Å². The summed E-state index contributed by atoms with van der Waals surface area (Å²) in [4.78, 5) is 11.7. The lowest BCUT2D eigenvalue weighted by Gasteiger charge is -2.08. The molecule has 0 amide bonds. The van der Waals surface area contributed by atoms with Crippen LogP contribution in [0, 0.1) is 17.5 Å². The minimum Gasteiger partial charge on any atom is -0.457 e. The number of carbonyl (C=O) groups excluding carboxylic acids is 1. The Labute approximate surface area is 126 Å². The molecule has 0 bridgehead atoms. The predicted octanol–water partition coefficient (Wildman–Crippen LogP) is 3.81. The number of benzene rings is 2. The van der Waals surface area contributed by atoms with Gasteiger partial charge in [-0.1, -0.05) is 12.1 Å². The Morgan fingerprint density at radius 2 is 1.86 bits per heavy atom. The van der Waals surface area contributed by atoms with E-state index in [1.165, 1.54) is 18.2 Å². The zero-order chi connectivity index (χ0) is 15.6. The summed E-state index contributed by atoms with van der Waals surface area (Å²) in [6.07, 6.45) is 0. The molecule has 0 aromatic heterocycles. The molecule has 2 N–H and O–H groups in total. The third kappa shape index (κ3) is 3.36. The van der Waals surface area contributed by atoms with Gasteiger partial charge in [0.2, 0.25) is 0 Å². The monoisotopic (exact) mass is 359 g/mol. The number of nitrogens with two attached hydrogens (primary N) is 1. The highest BCUT2D eigenvalue weighted by Crippen LogP contribution is 2.22. The van der Waals surface area contributed by atoms with Crippen molar-refractivity contribution in [3.05, 3.63) is 63.4 Å². The van der Waals surface area contributed by atoms with E-state index in [0.29, 0.717) is 17.7 Å². The fourth-order valence-electron chi connectivity index (χ4n) is 1.60. The zero-order valence-electron chi connectivity index (χ0n) is 10.5.